The molecule has 10 aliphatic heterocycles. The van der Waals surface area contributed by atoms with Crippen LogP contribution in [0.1, 0.15) is 41.5 Å². The van der Waals surface area contributed by atoms with Gasteiger partial charge in [-0.2, -0.15) is 0 Å². The first-order valence-corrected chi connectivity index (χ1v) is 38.8. The summed E-state index contributed by atoms with van der Waals surface area (Å²) in [7, 11) is 0. The van der Waals surface area contributed by atoms with Gasteiger partial charge in [0.2, 0.25) is 23.6 Å². The number of nitrogens with one attached hydrogen (secondary N) is 4. The Kier molecular flexibility index (Phi) is 35.3. The molecule has 700 valence electrons. The summed E-state index contributed by atoms with van der Waals surface area (Å²) in [5, 5.41) is 301. The van der Waals surface area contributed by atoms with Crippen molar-refractivity contribution < 1.29 is 242 Å². The number of carbonyl (C=O) groups is 4. The van der Waals surface area contributed by atoms with Crippen molar-refractivity contribution in [1.82, 2.24) is 21.3 Å². The second-order valence-electron chi connectivity index (χ2n) is 31.0. The Morgan fingerprint density at radius 2 is 0.512 bits per heavy atom. The Labute approximate surface area is 686 Å². The third-order valence-corrected chi connectivity index (χ3v) is 22.4. The highest BCUT2D eigenvalue weighted by atomic mass is 16.8. The molecule has 0 aromatic heterocycles. The average molecular weight is 1770 g/mol. The van der Waals surface area contributed by atoms with Crippen molar-refractivity contribution in [2.45, 2.75) is 348 Å². The standard InChI is InChI=1S/C68H114N4O49/c1-15-33(83)42(92)47(97)63(105-15)103-13-27-53(40(90)29(59(102)107-27)69-17(3)79)115-61-31(71-19(5)81)41(91)52(25(11-77)112-61)116-67-51(101)57(55(117-60-30(70-18(4)80)39(89)35(85)21(7-73)108-60)28(114-67)14-104-64-48(98)44(94)36(86)22(8-74)109-64)120-68-58(46(96)38(88)24(10-76)111-68)121-62-32(72-20(6)82)56(119-65-49(99)43(93)34(84)16(2)106-65)54(26(12-78)113-62)118-66-50(100)45(95)37(87)23(9-75)110-66/h15-16,21-68,73-78,83-102H,7-14H2,1-6H3,(H,69,79)(H,70,80)(H,71,81)(H,72,82)/t15-,16-,21+,22+,23+,24+,25+,26+,27+,28+,29+,30+,31+,32+,33+,34+,35+,36+,37-,38+,39+,40+,41+,42+,43+,44-,45-,46-,47-,48-,49-,50+,51-,52+,53+,54+,55+,56+,57+,58-,59?,60-,61-,62-,63+,64-,65-,66-,67-,68+/m0/s1. The monoisotopic (exact) mass is 1770 g/mol. The van der Waals surface area contributed by atoms with E-state index in [1.807, 2.05) is 0 Å². The summed E-state index contributed by atoms with van der Waals surface area (Å²) in [6.07, 6.45) is -97.0. The van der Waals surface area contributed by atoms with E-state index in [-0.39, 0.29) is 0 Å². The van der Waals surface area contributed by atoms with E-state index in [9.17, 15) is 152 Å². The fraction of sp³-hybridized carbons (Fsp3) is 0.941. The van der Waals surface area contributed by atoms with E-state index < -0.39 is 383 Å². The van der Waals surface area contributed by atoms with Crippen molar-refractivity contribution in [1.29, 1.82) is 0 Å². The number of hydrogen-bond donors (Lipinski definition) is 30. The molecule has 30 N–H and O–H groups in total. The summed E-state index contributed by atoms with van der Waals surface area (Å²) in [6.45, 7) is -2.89. The molecule has 10 heterocycles. The Bertz CT molecular complexity index is 3270. The Morgan fingerprint density at radius 3 is 1.01 bits per heavy atom. The maximum Gasteiger partial charge on any atom is 0.217 e. The lowest BCUT2D eigenvalue weighted by molar-refractivity contribution is -0.410. The van der Waals surface area contributed by atoms with Crippen LogP contribution in [0.15, 0.2) is 0 Å². The van der Waals surface area contributed by atoms with Crippen LogP contribution in [0.4, 0.5) is 0 Å². The molecule has 0 aromatic rings. The van der Waals surface area contributed by atoms with Gasteiger partial charge in [0.15, 0.2) is 62.9 Å². The molecule has 121 heavy (non-hydrogen) atoms. The van der Waals surface area contributed by atoms with E-state index in [0.717, 1.165) is 27.7 Å². The summed E-state index contributed by atoms with van der Waals surface area (Å²) in [4.78, 5) is 52.5. The molecule has 0 aliphatic carbocycles. The zero-order valence-corrected chi connectivity index (χ0v) is 65.5. The van der Waals surface area contributed by atoms with Gasteiger partial charge < -0.3 is 244 Å². The molecule has 4 amide bonds. The molecule has 10 rings (SSSR count). The van der Waals surface area contributed by atoms with Gasteiger partial charge in [-0.3, -0.25) is 19.2 Å². The third kappa shape index (κ3) is 22.0. The van der Waals surface area contributed by atoms with Crippen molar-refractivity contribution in [2.24, 2.45) is 0 Å². The zero-order chi connectivity index (χ0) is 89.1. The van der Waals surface area contributed by atoms with Crippen molar-refractivity contribution in [2.75, 3.05) is 52.9 Å². The molecule has 10 fully saturated rings. The number of amides is 4. The highest BCUT2D eigenvalue weighted by Gasteiger charge is 2.63. The predicted molar refractivity (Wildman–Crippen MR) is 373 cm³/mol. The van der Waals surface area contributed by atoms with Gasteiger partial charge in [0.25, 0.3) is 0 Å². The minimum absolute atomic E-state index is 0.851. The van der Waals surface area contributed by atoms with Crippen LogP contribution in [-0.2, 0) is 109 Å². The first-order chi connectivity index (χ1) is 57.1. The van der Waals surface area contributed by atoms with Crippen molar-refractivity contribution in [3.63, 3.8) is 0 Å². The summed E-state index contributed by atoms with van der Waals surface area (Å²) in [6, 6.07) is -7.91. The van der Waals surface area contributed by atoms with Crippen LogP contribution in [-0.4, -0.2) is 516 Å². The molecule has 53 nitrogen and oxygen atoms in total. The zero-order valence-electron chi connectivity index (χ0n) is 65.5. The molecule has 10 saturated heterocycles. The van der Waals surface area contributed by atoms with Gasteiger partial charge in [-0.25, -0.2) is 0 Å². The van der Waals surface area contributed by atoms with Gasteiger partial charge in [0, 0.05) is 27.7 Å². The van der Waals surface area contributed by atoms with Gasteiger partial charge >= 0.3 is 0 Å². The highest BCUT2D eigenvalue weighted by Crippen LogP contribution is 2.42. The van der Waals surface area contributed by atoms with Gasteiger partial charge in [-0.15, -0.1) is 0 Å². The Balaban J connectivity index is 1.07. The van der Waals surface area contributed by atoms with Gasteiger partial charge in [0.1, 0.15) is 232 Å². The van der Waals surface area contributed by atoms with Gasteiger partial charge in [-0.1, -0.05) is 0 Å². The van der Waals surface area contributed by atoms with Crippen molar-refractivity contribution in [3.05, 3.63) is 0 Å². The second-order valence-corrected chi connectivity index (χ2v) is 31.0. The van der Waals surface area contributed by atoms with Crippen LogP contribution in [0.5, 0.6) is 0 Å². The topological polar surface area (TPSA) is 818 Å². The lowest BCUT2D eigenvalue weighted by Gasteiger charge is -2.53. The van der Waals surface area contributed by atoms with Crippen molar-refractivity contribution in [3.8, 4) is 0 Å². The third-order valence-electron chi connectivity index (χ3n) is 22.4. The normalized spacial score (nSPS) is 50.0. The second kappa shape index (κ2) is 43.0. The first kappa shape index (κ1) is 99.2. The minimum Gasteiger partial charge on any atom is -0.394 e. The smallest absolute Gasteiger partial charge is 0.217 e. The average Bonchev–Trinajstić information content (AvgIpc) is 0.757. The van der Waals surface area contributed by atoms with Gasteiger partial charge in [-0.05, 0) is 13.8 Å². The van der Waals surface area contributed by atoms with E-state index in [2.05, 4.69) is 21.3 Å². The predicted octanol–water partition coefficient (Wildman–Crippen LogP) is -20.2. The minimum atomic E-state index is -2.74. The molecule has 0 spiro atoms. The fourth-order valence-electron chi connectivity index (χ4n) is 15.7. The molecule has 1 unspecified atom stereocenters. The SMILES string of the molecule is CC(=O)N[C@H]1[C@H](O[C@H]2[C@H](O)[C@@H](NC(C)=O)C(O)O[C@@H]2CO[C@@H]2O[C@@H](C)[C@@H](O)[C@@H](O)[C@@H]2O)O[C@H](CO)[C@@H](O[C@@H]2O[C@H](CO[C@H]3O[C@H](CO)[C@@H](O)[C@H](O)[C@@H]3O)[C@@H](O[C@@H]3O[C@H](CO)[C@@H](O)[C@H](O)[C@H]3NC(C)=O)[C@H](O[C@H]3O[C@H](CO)[C@@H](O)[C@H](O)[C@@H]3O[C@@H]3O[C@H](CO)[C@@H](O[C@@H]4O[C@H](CO)[C@H](O)[C@H](O)[C@H]4O)[C@H](O[C@@H]4O[C@@H](C)[C@@H](O)[C@@H](O)[C@@H]4O)[C@H]3NC(C)=O)[C@@H]2O)[C@@H]1O. The maximum atomic E-state index is 13.6. The molecule has 0 radical (unpaired) electrons. The number of ether oxygens (including phenoxy) is 19. The molecule has 0 aromatic carbocycles. The summed E-state index contributed by atoms with van der Waals surface area (Å²) >= 11 is 0. The first-order valence-electron chi connectivity index (χ1n) is 38.8. The van der Waals surface area contributed by atoms with Crippen LogP contribution >= 0.6 is 0 Å². The van der Waals surface area contributed by atoms with E-state index >= 15 is 0 Å². The molecule has 50 atom stereocenters. The molecule has 53 heteroatoms. The largest absolute Gasteiger partial charge is 0.394 e. The molecule has 10 aliphatic rings. The quantitative estimate of drug-likeness (QED) is 0.0318. The van der Waals surface area contributed by atoms with Crippen LogP contribution in [0.25, 0.3) is 0 Å². The number of aliphatic hydroxyl groups is 26. The van der Waals surface area contributed by atoms with E-state index in [1.165, 1.54) is 13.8 Å². The Morgan fingerprint density at radius 1 is 0.231 bits per heavy atom. The lowest BCUT2D eigenvalue weighted by atomic mass is 9.93. The van der Waals surface area contributed by atoms with Crippen molar-refractivity contribution >= 4 is 23.6 Å². The lowest BCUT2D eigenvalue weighted by Crippen LogP contribution is -2.72. The highest BCUT2D eigenvalue weighted by molar-refractivity contribution is 5.74. The fourth-order valence-corrected chi connectivity index (χ4v) is 15.7. The summed E-state index contributed by atoms with van der Waals surface area (Å²) < 4.78 is 116. The van der Waals surface area contributed by atoms with Gasteiger partial charge in [0.05, 0.1) is 65.1 Å². The molecular weight excluding hydrogens is 1660 g/mol. The summed E-state index contributed by atoms with van der Waals surface area (Å²) in [5.74, 6) is -3.88. The maximum absolute atomic E-state index is 13.6. The molecule has 0 saturated carbocycles. The summed E-state index contributed by atoms with van der Waals surface area (Å²) in [5.41, 5.74) is 0. The van der Waals surface area contributed by atoms with Crippen LogP contribution in [0.3, 0.4) is 0 Å². The number of hydrogen-bond acceptors (Lipinski definition) is 49. The van der Waals surface area contributed by atoms with Crippen LogP contribution in [0.2, 0.25) is 0 Å². The van der Waals surface area contributed by atoms with E-state index in [4.69, 9.17) is 90.0 Å². The van der Waals surface area contributed by atoms with Crippen LogP contribution in [0, 0.1) is 0 Å². The Hall–Kier alpha value is -3.92. The number of rotatable bonds is 30. The molecular formula is C68H114N4O49. The number of carbonyl (C=O) groups excluding carboxylic acids is 4. The van der Waals surface area contributed by atoms with E-state index in [1.54, 1.807) is 0 Å². The van der Waals surface area contributed by atoms with E-state index in [0.29, 0.717) is 0 Å². The van der Waals surface area contributed by atoms with Crippen LogP contribution < -0.4 is 21.3 Å². The number of aliphatic hydroxyl groups excluding tert-OH is 26. The molecule has 0 bridgehead atoms.